The van der Waals surface area contributed by atoms with Crippen LogP contribution in [0.15, 0.2) is 0 Å². The van der Waals surface area contributed by atoms with Gasteiger partial charge >= 0.3 is 0 Å². The first-order chi connectivity index (χ1) is 6.33. The molecule has 0 bridgehead atoms. The smallest absolute Gasteiger partial charge is 0.222 e. The molecular weight excluding hydrogens is 184 g/mol. The highest BCUT2D eigenvalue weighted by atomic mass is 32.2. The number of hydrogen-bond donors (Lipinski definition) is 2. The minimum atomic E-state index is 0.181. The van der Waals surface area contributed by atoms with E-state index in [0.717, 1.165) is 24.5 Å². The highest BCUT2D eigenvalue weighted by Gasteiger charge is 2.15. The summed E-state index contributed by atoms with van der Waals surface area (Å²) in [6, 6.07) is 0. The van der Waals surface area contributed by atoms with E-state index in [1.165, 1.54) is 6.42 Å². The van der Waals surface area contributed by atoms with Crippen molar-refractivity contribution >= 4 is 17.7 Å². The molecule has 1 aliphatic rings. The number of carbonyl (C=O) groups is 1. The summed E-state index contributed by atoms with van der Waals surface area (Å²) in [5, 5.41) is 6.21. The fourth-order valence-corrected chi connectivity index (χ4v) is 2.00. The molecule has 0 spiro atoms. The Hall–Kier alpha value is -0.220. The monoisotopic (exact) mass is 202 g/mol. The largest absolute Gasteiger partial charge is 0.341 e. The lowest BCUT2D eigenvalue weighted by Crippen LogP contribution is -2.41. The number of thioether (sulfide) groups is 1. The van der Waals surface area contributed by atoms with Crippen LogP contribution < -0.4 is 10.6 Å². The van der Waals surface area contributed by atoms with Crippen LogP contribution in [0.1, 0.15) is 26.2 Å². The fourth-order valence-electron chi connectivity index (χ4n) is 1.38. The van der Waals surface area contributed by atoms with Gasteiger partial charge in [-0.3, -0.25) is 10.1 Å². The third-order valence-electron chi connectivity index (χ3n) is 2.07. The van der Waals surface area contributed by atoms with E-state index in [1.807, 2.05) is 11.8 Å². The zero-order valence-electron chi connectivity index (χ0n) is 8.14. The van der Waals surface area contributed by atoms with E-state index in [-0.39, 0.29) is 12.1 Å². The lowest BCUT2D eigenvalue weighted by atomic mass is 10.3. The molecule has 1 amide bonds. The molecule has 13 heavy (non-hydrogen) atoms. The molecule has 2 N–H and O–H groups in total. The van der Waals surface area contributed by atoms with Crippen LogP contribution >= 0.6 is 11.8 Å². The lowest BCUT2D eigenvalue weighted by Gasteiger charge is -2.12. The number of amides is 1. The van der Waals surface area contributed by atoms with Crippen molar-refractivity contribution in [3.63, 3.8) is 0 Å². The van der Waals surface area contributed by atoms with Crippen LogP contribution in [0.4, 0.5) is 0 Å². The maximum atomic E-state index is 11.3. The molecule has 1 unspecified atom stereocenters. The highest BCUT2D eigenvalue weighted by Crippen LogP contribution is 2.04. The second-order valence-corrected chi connectivity index (χ2v) is 4.56. The maximum Gasteiger partial charge on any atom is 0.222 e. The van der Waals surface area contributed by atoms with Gasteiger partial charge in [0.15, 0.2) is 0 Å². The lowest BCUT2D eigenvalue weighted by molar-refractivity contribution is -0.121. The summed E-state index contributed by atoms with van der Waals surface area (Å²) in [6.45, 7) is 3.15. The van der Waals surface area contributed by atoms with Crippen LogP contribution in [0.25, 0.3) is 0 Å². The van der Waals surface area contributed by atoms with Crippen molar-refractivity contribution in [1.82, 2.24) is 10.6 Å². The summed E-state index contributed by atoms with van der Waals surface area (Å²) in [5.74, 6) is 2.21. The van der Waals surface area contributed by atoms with Gasteiger partial charge in [-0.15, -0.1) is 0 Å². The van der Waals surface area contributed by atoms with Crippen LogP contribution in [-0.4, -0.2) is 30.1 Å². The summed E-state index contributed by atoms with van der Waals surface area (Å²) in [7, 11) is 0. The van der Waals surface area contributed by atoms with Gasteiger partial charge < -0.3 is 5.32 Å². The number of nitrogens with one attached hydrogen (secondary N) is 2. The van der Waals surface area contributed by atoms with Gasteiger partial charge in [-0.1, -0.05) is 6.92 Å². The predicted molar refractivity (Wildman–Crippen MR) is 56.8 cm³/mol. The van der Waals surface area contributed by atoms with Crippen LogP contribution in [-0.2, 0) is 4.79 Å². The first-order valence-corrected chi connectivity index (χ1v) is 6.09. The maximum absolute atomic E-state index is 11.3. The Kier molecular flexibility index (Phi) is 5.23. The number of rotatable bonds is 5. The van der Waals surface area contributed by atoms with E-state index >= 15 is 0 Å². The second kappa shape index (κ2) is 6.27. The van der Waals surface area contributed by atoms with Crippen molar-refractivity contribution in [1.29, 1.82) is 0 Å². The number of hydrogen-bond acceptors (Lipinski definition) is 3. The van der Waals surface area contributed by atoms with Crippen molar-refractivity contribution < 1.29 is 4.79 Å². The molecule has 0 aromatic rings. The van der Waals surface area contributed by atoms with Crippen LogP contribution in [0, 0.1) is 0 Å². The summed E-state index contributed by atoms with van der Waals surface area (Å²) >= 11 is 1.81. The average molecular weight is 202 g/mol. The van der Waals surface area contributed by atoms with Gasteiger partial charge in [0.1, 0.15) is 0 Å². The van der Waals surface area contributed by atoms with E-state index < -0.39 is 0 Å². The third-order valence-corrected chi connectivity index (χ3v) is 2.97. The molecule has 0 saturated carbocycles. The van der Waals surface area contributed by atoms with Crippen molar-refractivity contribution in [2.24, 2.45) is 0 Å². The van der Waals surface area contributed by atoms with E-state index in [4.69, 9.17) is 0 Å². The van der Waals surface area contributed by atoms with Gasteiger partial charge in [0, 0.05) is 12.2 Å². The SMILES string of the molecule is CCSCCC(=O)NC1CCCN1. The van der Waals surface area contributed by atoms with E-state index in [1.54, 1.807) is 0 Å². The Morgan fingerprint density at radius 1 is 1.69 bits per heavy atom. The molecule has 1 aliphatic heterocycles. The average Bonchev–Trinajstić information content (AvgIpc) is 2.57. The van der Waals surface area contributed by atoms with Crippen molar-refractivity contribution in [3.05, 3.63) is 0 Å². The minimum absolute atomic E-state index is 0.181. The molecule has 4 heteroatoms. The molecule has 0 radical (unpaired) electrons. The Morgan fingerprint density at radius 2 is 2.54 bits per heavy atom. The summed E-state index contributed by atoms with van der Waals surface area (Å²) < 4.78 is 0. The molecule has 1 heterocycles. The van der Waals surface area contributed by atoms with Gasteiger partial charge in [-0.05, 0) is 25.1 Å². The second-order valence-electron chi connectivity index (χ2n) is 3.16. The summed E-state index contributed by atoms with van der Waals surface area (Å²) in [6.07, 6.45) is 3.14. The Morgan fingerprint density at radius 3 is 3.15 bits per heavy atom. The van der Waals surface area contributed by atoms with Crippen LogP contribution in [0.3, 0.4) is 0 Å². The molecule has 3 nitrogen and oxygen atoms in total. The van der Waals surface area contributed by atoms with E-state index in [9.17, 15) is 4.79 Å². The van der Waals surface area contributed by atoms with Crippen molar-refractivity contribution in [2.45, 2.75) is 32.4 Å². The van der Waals surface area contributed by atoms with E-state index in [2.05, 4.69) is 17.6 Å². The fraction of sp³-hybridized carbons (Fsp3) is 0.889. The topological polar surface area (TPSA) is 41.1 Å². The van der Waals surface area contributed by atoms with Crippen LogP contribution in [0.5, 0.6) is 0 Å². The molecule has 1 rings (SSSR count). The van der Waals surface area contributed by atoms with Crippen molar-refractivity contribution in [3.8, 4) is 0 Å². The number of carbonyl (C=O) groups excluding carboxylic acids is 1. The predicted octanol–water partition coefficient (Wildman–Crippen LogP) is 0.955. The van der Waals surface area contributed by atoms with Crippen molar-refractivity contribution in [2.75, 3.05) is 18.1 Å². The zero-order chi connectivity index (χ0) is 9.52. The molecule has 0 aromatic heterocycles. The molecule has 0 aliphatic carbocycles. The summed E-state index contributed by atoms with van der Waals surface area (Å²) in [5.41, 5.74) is 0. The van der Waals surface area contributed by atoms with E-state index in [0.29, 0.717) is 6.42 Å². The molecular formula is C9H18N2OS. The third kappa shape index (κ3) is 4.52. The molecule has 0 aromatic carbocycles. The molecule has 1 fully saturated rings. The Bertz CT molecular complexity index is 158. The van der Waals surface area contributed by atoms with Gasteiger partial charge in [0.05, 0.1) is 6.17 Å². The minimum Gasteiger partial charge on any atom is -0.341 e. The first-order valence-electron chi connectivity index (χ1n) is 4.93. The first kappa shape index (κ1) is 10.9. The zero-order valence-corrected chi connectivity index (χ0v) is 8.95. The normalized spacial score (nSPS) is 21.8. The molecule has 76 valence electrons. The van der Waals surface area contributed by atoms with Gasteiger partial charge in [0.2, 0.25) is 5.91 Å². The Balaban J connectivity index is 2.02. The quantitative estimate of drug-likeness (QED) is 0.652. The molecule has 1 saturated heterocycles. The molecule has 1 atom stereocenters. The van der Waals surface area contributed by atoms with Gasteiger partial charge in [-0.2, -0.15) is 11.8 Å². The highest BCUT2D eigenvalue weighted by molar-refractivity contribution is 7.99. The standard InChI is InChI=1S/C9H18N2OS/c1-2-13-7-5-9(12)11-8-4-3-6-10-8/h8,10H,2-7H2,1H3,(H,11,12). The summed E-state index contributed by atoms with van der Waals surface area (Å²) in [4.78, 5) is 11.3. The van der Waals surface area contributed by atoms with Gasteiger partial charge in [0.25, 0.3) is 0 Å². The van der Waals surface area contributed by atoms with Gasteiger partial charge in [-0.25, -0.2) is 0 Å². The van der Waals surface area contributed by atoms with Crippen LogP contribution in [0.2, 0.25) is 0 Å². The Labute approximate surface area is 84.0 Å².